The summed E-state index contributed by atoms with van der Waals surface area (Å²) < 4.78 is 5.86. The van der Waals surface area contributed by atoms with Crippen molar-refractivity contribution in [2.24, 2.45) is 0 Å². The van der Waals surface area contributed by atoms with Crippen LogP contribution in [0.1, 0.15) is 28.2 Å². The van der Waals surface area contributed by atoms with Crippen LogP contribution >= 0.6 is 0 Å². The lowest BCUT2D eigenvalue weighted by Gasteiger charge is -2.32. The molecule has 7 heteroatoms. The maximum atomic E-state index is 12.6. The van der Waals surface area contributed by atoms with Gasteiger partial charge in [0.15, 0.2) is 0 Å². The highest BCUT2D eigenvalue weighted by molar-refractivity contribution is 5.92. The van der Waals surface area contributed by atoms with Crippen LogP contribution in [-0.2, 0) is 11.2 Å². The summed E-state index contributed by atoms with van der Waals surface area (Å²) in [4.78, 5) is 29.1. The lowest BCUT2D eigenvalue weighted by Crippen LogP contribution is -2.46. The number of aromatic nitrogens is 3. The first kappa shape index (κ1) is 18.3. The highest BCUT2D eigenvalue weighted by Gasteiger charge is 2.25. The Morgan fingerprint density at radius 1 is 1.31 bits per heavy atom. The summed E-state index contributed by atoms with van der Waals surface area (Å²) in [6.07, 6.45) is 6.78. The highest BCUT2D eigenvalue weighted by atomic mass is 16.5. The minimum absolute atomic E-state index is 0.0297. The van der Waals surface area contributed by atoms with Crippen molar-refractivity contribution in [3.8, 4) is 0 Å². The SMILES string of the molecule is Cc1cnc(C(=O)N2CCO[C@H](CCc3ccnc(N(C)C)c3)C2)cn1. The predicted molar refractivity (Wildman–Crippen MR) is 99.3 cm³/mol. The second kappa shape index (κ2) is 8.23. The van der Waals surface area contributed by atoms with Gasteiger partial charge in [0.25, 0.3) is 5.91 Å². The van der Waals surface area contributed by atoms with Crippen molar-refractivity contribution in [1.82, 2.24) is 19.9 Å². The Labute approximate surface area is 154 Å². The molecule has 3 heterocycles. The lowest BCUT2D eigenvalue weighted by atomic mass is 10.1. The second-order valence-electron chi connectivity index (χ2n) is 6.74. The van der Waals surface area contributed by atoms with E-state index in [4.69, 9.17) is 4.74 Å². The van der Waals surface area contributed by atoms with E-state index in [2.05, 4.69) is 21.0 Å². The van der Waals surface area contributed by atoms with Gasteiger partial charge < -0.3 is 14.5 Å². The quantitative estimate of drug-likeness (QED) is 0.813. The van der Waals surface area contributed by atoms with Gasteiger partial charge in [0.1, 0.15) is 11.5 Å². The number of hydrogen-bond acceptors (Lipinski definition) is 6. The first-order chi connectivity index (χ1) is 12.5. The standard InChI is InChI=1S/C19H25N5O2/c1-14-11-22-17(12-21-14)19(25)24-8-9-26-16(13-24)5-4-15-6-7-20-18(10-15)23(2)3/h6-7,10-12,16H,4-5,8-9,13H2,1-3H3/t16-/m1/s1. The Kier molecular flexibility index (Phi) is 5.78. The molecule has 1 fully saturated rings. The normalized spacial score (nSPS) is 17.2. The summed E-state index contributed by atoms with van der Waals surface area (Å²) in [6, 6.07) is 4.12. The van der Waals surface area contributed by atoms with Gasteiger partial charge in [-0.3, -0.25) is 9.78 Å². The van der Waals surface area contributed by atoms with Gasteiger partial charge in [-0.05, 0) is 37.5 Å². The van der Waals surface area contributed by atoms with Crippen molar-refractivity contribution >= 4 is 11.7 Å². The van der Waals surface area contributed by atoms with Crippen LogP contribution in [0.5, 0.6) is 0 Å². The van der Waals surface area contributed by atoms with Crippen molar-refractivity contribution in [1.29, 1.82) is 0 Å². The topological polar surface area (TPSA) is 71.5 Å². The van der Waals surface area contributed by atoms with Gasteiger partial charge in [0.05, 0.1) is 24.6 Å². The van der Waals surface area contributed by atoms with Crippen molar-refractivity contribution in [3.63, 3.8) is 0 Å². The molecule has 7 nitrogen and oxygen atoms in total. The van der Waals surface area contributed by atoms with Gasteiger partial charge in [-0.2, -0.15) is 0 Å². The molecule has 1 atom stereocenters. The number of ether oxygens (including phenoxy) is 1. The molecule has 0 saturated carbocycles. The third kappa shape index (κ3) is 4.54. The summed E-state index contributed by atoms with van der Waals surface area (Å²) in [7, 11) is 3.96. The molecule has 0 spiro atoms. The largest absolute Gasteiger partial charge is 0.375 e. The van der Waals surface area contributed by atoms with Crippen LogP contribution in [0.15, 0.2) is 30.7 Å². The number of carbonyl (C=O) groups is 1. The molecule has 3 rings (SSSR count). The average molecular weight is 355 g/mol. The van der Waals surface area contributed by atoms with Gasteiger partial charge in [0, 0.05) is 39.6 Å². The van der Waals surface area contributed by atoms with Gasteiger partial charge in [0.2, 0.25) is 0 Å². The summed E-state index contributed by atoms with van der Waals surface area (Å²) in [5.74, 6) is 0.867. The van der Waals surface area contributed by atoms with E-state index in [1.807, 2.05) is 43.1 Å². The van der Waals surface area contributed by atoms with Crippen LogP contribution in [-0.4, -0.2) is 65.7 Å². The molecule has 138 valence electrons. The molecule has 2 aromatic heterocycles. The number of carbonyl (C=O) groups excluding carboxylic acids is 1. The maximum absolute atomic E-state index is 12.6. The lowest BCUT2D eigenvalue weighted by molar-refractivity contribution is -0.0248. The van der Waals surface area contributed by atoms with Gasteiger partial charge in [-0.1, -0.05) is 0 Å². The highest BCUT2D eigenvalue weighted by Crippen LogP contribution is 2.16. The number of rotatable bonds is 5. The number of amides is 1. The molecule has 0 aromatic carbocycles. The van der Waals surface area contributed by atoms with Crippen molar-refractivity contribution in [2.75, 3.05) is 38.7 Å². The van der Waals surface area contributed by atoms with Crippen LogP contribution in [0.3, 0.4) is 0 Å². The van der Waals surface area contributed by atoms with Crippen LogP contribution in [0.4, 0.5) is 5.82 Å². The van der Waals surface area contributed by atoms with E-state index >= 15 is 0 Å². The average Bonchev–Trinajstić information content (AvgIpc) is 2.67. The Hall–Kier alpha value is -2.54. The van der Waals surface area contributed by atoms with Crippen molar-refractivity contribution in [2.45, 2.75) is 25.9 Å². The molecular formula is C19H25N5O2. The van der Waals surface area contributed by atoms with E-state index in [0.717, 1.165) is 24.4 Å². The van der Waals surface area contributed by atoms with Crippen LogP contribution in [0, 0.1) is 6.92 Å². The predicted octanol–water partition coefficient (Wildman–Crippen LogP) is 1.72. The fourth-order valence-corrected chi connectivity index (χ4v) is 2.93. The molecule has 0 unspecified atom stereocenters. The van der Waals surface area contributed by atoms with Crippen LogP contribution in [0.25, 0.3) is 0 Å². The first-order valence-electron chi connectivity index (χ1n) is 8.84. The molecule has 26 heavy (non-hydrogen) atoms. The molecule has 1 saturated heterocycles. The summed E-state index contributed by atoms with van der Waals surface area (Å²) in [5.41, 5.74) is 2.41. The Balaban J connectivity index is 1.57. The molecular weight excluding hydrogens is 330 g/mol. The number of hydrogen-bond donors (Lipinski definition) is 0. The monoisotopic (exact) mass is 355 g/mol. The third-order valence-corrected chi connectivity index (χ3v) is 4.45. The third-order valence-electron chi connectivity index (χ3n) is 4.45. The summed E-state index contributed by atoms with van der Waals surface area (Å²) in [5, 5.41) is 0. The van der Waals surface area contributed by atoms with Crippen molar-refractivity contribution in [3.05, 3.63) is 47.7 Å². The summed E-state index contributed by atoms with van der Waals surface area (Å²) >= 11 is 0. The zero-order valence-electron chi connectivity index (χ0n) is 15.6. The Morgan fingerprint density at radius 2 is 2.15 bits per heavy atom. The molecule has 2 aromatic rings. The number of aryl methyl sites for hydroxylation is 2. The number of nitrogens with zero attached hydrogens (tertiary/aromatic N) is 5. The van der Waals surface area contributed by atoms with E-state index in [9.17, 15) is 4.79 Å². The molecule has 0 N–H and O–H groups in total. The van der Waals surface area contributed by atoms with Crippen LogP contribution in [0.2, 0.25) is 0 Å². The van der Waals surface area contributed by atoms with E-state index < -0.39 is 0 Å². The van der Waals surface area contributed by atoms with Gasteiger partial charge >= 0.3 is 0 Å². The fraction of sp³-hybridized carbons (Fsp3) is 0.474. The maximum Gasteiger partial charge on any atom is 0.274 e. The molecule has 0 bridgehead atoms. The Bertz CT molecular complexity index is 748. The zero-order valence-corrected chi connectivity index (χ0v) is 15.6. The summed E-state index contributed by atoms with van der Waals surface area (Å²) in [6.45, 7) is 3.58. The minimum Gasteiger partial charge on any atom is -0.375 e. The smallest absolute Gasteiger partial charge is 0.274 e. The minimum atomic E-state index is -0.0791. The Morgan fingerprint density at radius 3 is 2.88 bits per heavy atom. The first-order valence-corrected chi connectivity index (χ1v) is 8.84. The van der Waals surface area contributed by atoms with E-state index in [1.165, 1.54) is 5.56 Å². The molecule has 1 amide bonds. The molecule has 0 aliphatic carbocycles. The number of anilines is 1. The number of morpholine rings is 1. The fourth-order valence-electron chi connectivity index (χ4n) is 2.93. The van der Waals surface area contributed by atoms with Crippen molar-refractivity contribution < 1.29 is 9.53 Å². The molecule has 1 aliphatic rings. The van der Waals surface area contributed by atoms with E-state index in [1.54, 1.807) is 12.4 Å². The number of pyridine rings is 1. The molecule has 0 radical (unpaired) electrons. The zero-order chi connectivity index (χ0) is 18.5. The van der Waals surface area contributed by atoms with Gasteiger partial charge in [-0.25, -0.2) is 9.97 Å². The van der Waals surface area contributed by atoms with Gasteiger partial charge in [-0.15, -0.1) is 0 Å². The van der Waals surface area contributed by atoms with E-state index in [0.29, 0.717) is 25.4 Å². The van der Waals surface area contributed by atoms with E-state index in [-0.39, 0.29) is 12.0 Å². The second-order valence-corrected chi connectivity index (χ2v) is 6.74. The molecule has 1 aliphatic heterocycles. The van der Waals surface area contributed by atoms with Crippen LogP contribution < -0.4 is 4.90 Å².